The highest BCUT2D eigenvalue weighted by Crippen LogP contribution is 2.34. The Hall–Kier alpha value is -3.82. The number of pyridine rings is 2. The van der Waals surface area contributed by atoms with E-state index in [0.717, 1.165) is 5.56 Å². The predicted octanol–water partition coefficient (Wildman–Crippen LogP) is 5.55. The van der Waals surface area contributed by atoms with Crippen LogP contribution in [0, 0.1) is 6.57 Å². The molecule has 0 radical (unpaired) electrons. The zero-order chi connectivity index (χ0) is 21.3. The van der Waals surface area contributed by atoms with Crippen LogP contribution in [-0.2, 0) is 0 Å². The third-order valence-corrected chi connectivity index (χ3v) is 5.25. The van der Waals surface area contributed by atoms with Gasteiger partial charge in [-0.3, -0.25) is 9.78 Å². The Balaban J connectivity index is 1.94. The highest BCUT2D eigenvalue weighted by atomic mass is 35.5. The van der Waals surface area contributed by atoms with E-state index >= 15 is 0 Å². The number of rotatable bonds is 4. The minimum Gasteiger partial charge on any atom is -0.407 e. The van der Waals surface area contributed by atoms with Crippen LogP contribution in [0.3, 0.4) is 0 Å². The molecule has 2 heterocycles. The maximum atomic E-state index is 13.5. The topological polar surface area (TPSA) is 88.2 Å². The Morgan fingerprint density at radius 2 is 1.93 bits per heavy atom. The zero-order valence-corrected chi connectivity index (χ0v) is 16.9. The van der Waals surface area contributed by atoms with Gasteiger partial charge in [-0.1, -0.05) is 48.0 Å². The number of hydrogen-bond acceptors (Lipinski definition) is 4. The lowest BCUT2D eigenvalue weighted by Gasteiger charge is -2.20. The normalized spacial score (nSPS) is 11.8. The third-order valence-electron chi connectivity index (χ3n) is 4.93. The van der Waals surface area contributed by atoms with Gasteiger partial charge in [-0.15, -0.1) is 0 Å². The predicted molar refractivity (Wildman–Crippen MR) is 122 cm³/mol. The molecule has 2 aromatic carbocycles. The summed E-state index contributed by atoms with van der Waals surface area (Å²) in [5.74, 6) is 0.329. The van der Waals surface area contributed by atoms with E-state index in [0.29, 0.717) is 38.7 Å². The molecule has 0 saturated carbocycles. The standard InChI is InChI=1S/C23H18ClN5O/c1-13(28-23-21(26-2)16(25)11-12-27-23)18-20(14-7-4-3-5-8-14)29-17-10-6-9-15(24)19(17)22(18)30/h3-13H,1H3,(H,29,30)(H3,25,27,28). The van der Waals surface area contributed by atoms with Crippen LogP contribution < -0.4 is 16.5 Å². The number of anilines is 2. The van der Waals surface area contributed by atoms with Gasteiger partial charge in [0.25, 0.3) is 0 Å². The summed E-state index contributed by atoms with van der Waals surface area (Å²) in [4.78, 5) is 24.6. The Labute approximate surface area is 178 Å². The van der Waals surface area contributed by atoms with E-state index in [4.69, 9.17) is 23.9 Å². The van der Waals surface area contributed by atoms with Crippen LogP contribution in [0.5, 0.6) is 0 Å². The van der Waals surface area contributed by atoms with E-state index in [1.54, 1.807) is 18.2 Å². The molecule has 2 aromatic heterocycles. The number of aromatic amines is 1. The average molecular weight is 416 g/mol. The molecule has 0 aliphatic heterocycles. The van der Waals surface area contributed by atoms with Gasteiger partial charge in [0.2, 0.25) is 5.69 Å². The minimum absolute atomic E-state index is 0.179. The third kappa shape index (κ3) is 3.36. The smallest absolute Gasteiger partial charge is 0.250 e. The van der Waals surface area contributed by atoms with Crippen LogP contribution in [0.15, 0.2) is 65.6 Å². The minimum atomic E-state index is -0.473. The fourth-order valence-electron chi connectivity index (χ4n) is 3.52. The maximum absolute atomic E-state index is 13.5. The van der Waals surface area contributed by atoms with Gasteiger partial charge in [-0.2, -0.15) is 0 Å². The summed E-state index contributed by atoms with van der Waals surface area (Å²) in [5.41, 5.74) is 8.99. The molecule has 4 N–H and O–H groups in total. The van der Waals surface area contributed by atoms with Crippen LogP contribution in [0.4, 0.5) is 17.2 Å². The Kier molecular flexibility index (Phi) is 5.13. The SMILES string of the molecule is [C-]#[N+]c1c(N)ccnc1NC(C)c1c(-c2ccccc2)[nH]c2cccc(Cl)c2c1=O. The van der Waals surface area contributed by atoms with E-state index in [2.05, 4.69) is 20.1 Å². The van der Waals surface area contributed by atoms with Crippen molar-refractivity contribution in [2.45, 2.75) is 13.0 Å². The fourth-order valence-corrected chi connectivity index (χ4v) is 3.78. The summed E-state index contributed by atoms with van der Waals surface area (Å²) in [6.45, 7) is 9.25. The van der Waals surface area contributed by atoms with Gasteiger partial charge >= 0.3 is 0 Å². The molecule has 30 heavy (non-hydrogen) atoms. The van der Waals surface area contributed by atoms with E-state index in [9.17, 15) is 4.79 Å². The number of nitrogens with one attached hydrogen (secondary N) is 2. The fraction of sp³-hybridized carbons (Fsp3) is 0.0870. The highest BCUT2D eigenvalue weighted by Gasteiger charge is 2.22. The molecular formula is C23H18ClN5O. The number of fused-ring (bicyclic) bond motifs is 1. The summed E-state index contributed by atoms with van der Waals surface area (Å²) < 4.78 is 0. The molecule has 4 rings (SSSR count). The molecule has 4 aromatic rings. The Bertz CT molecular complexity index is 1340. The zero-order valence-electron chi connectivity index (χ0n) is 16.1. The molecule has 148 valence electrons. The van der Waals surface area contributed by atoms with Crippen molar-refractivity contribution in [1.29, 1.82) is 0 Å². The molecule has 0 aliphatic carbocycles. The van der Waals surface area contributed by atoms with Crippen LogP contribution in [0.2, 0.25) is 5.02 Å². The number of nitrogens with two attached hydrogens (primary N) is 1. The number of halogens is 1. The maximum Gasteiger partial charge on any atom is 0.250 e. The van der Waals surface area contributed by atoms with Gasteiger partial charge in [0.15, 0.2) is 5.43 Å². The van der Waals surface area contributed by atoms with E-state index in [-0.39, 0.29) is 11.1 Å². The van der Waals surface area contributed by atoms with Crippen molar-refractivity contribution in [1.82, 2.24) is 9.97 Å². The number of benzene rings is 2. The summed E-state index contributed by atoms with van der Waals surface area (Å²) in [7, 11) is 0. The summed E-state index contributed by atoms with van der Waals surface area (Å²) in [6.07, 6.45) is 1.53. The van der Waals surface area contributed by atoms with Gasteiger partial charge in [0.05, 0.1) is 34.2 Å². The van der Waals surface area contributed by atoms with Crippen molar-refractivity contribution in [3.05, 3.63) is 93.0 Å². The molecule has 0 saturated heterocycles. The lowest BCUT2D eigenvalue weighted by atomic mass is 9.97. The molecule has 0 bridgehead atoms. The van der Waals surface area contributed by atoms with E-state index in [1.165, 1.54) is 6.20 Å². The van der Waals surface area contributed by atoms with Crippen molar-refractivity contribution < 1.29 is 0 Å². The first-order chi connectivity index (χ1) is 14.5. The van der Waals surface area contributed by atoms with Gasteiger partial charge in [0.1, 0.15) is 5.82 Å². The molecule has 1 atom stereocenters. The van der Waals surface area contributed by atoms with Gasteiger partial charge in [-0.05, 0) is 30.7 Å². The van der Waals surface area contributed by atoms with Crippen LogP contribution in [0.1, 0.15) is 18.5 Å². The van der Waals surface area contributed by atoms with Gasteiger partial charge < -0.3 is 16.0 Å². The lowest BCUT2D eigenvalue weighted by Crippen LogP contribution is -2.21. The first-order valence-corrected chi connectivity index (χ1v) is 9.67. The van der Waals surface area contributed by atoms with E-state index in [1.807, 2.05) is 43.3 Å². The second-order valence-electron chi connectivity index (χ2n) is 6.85. The first-order valence-electron chi connectivity index (χ1n) is 9.29. The van der Waals surface area contributed by atoms with Crippen molar-refractivity contribution in [3.8, 4) is 11.3 Å². The van der Waals surface area contributed by atoms with Crippen LogP contribution >= 0.6 is 11.6 Å². The lowest BCUT2D eigenvalue weighted by molar-refractivity contribution is 0.866. The number of nitrogens with zero attached hydrogens (tertiary/aromatic N) is 2. The number of H-pyrrole nitrogens is 1. The molecule has 0 fully saturated rings. The van der Waals surface area contributed by atoms with Crippen molar-refractivity contribution in [2.75, 3.05) is 11.1 Å². The molecule has 6 nitrogen and oxygen atoms in total. The van der Waals surface area contributed by atoms with Crippen LogP contribution in [-0.4, -0.2) is 9.97 Å². The number of nitrogen functional groups attached to an aromatic ring is 1. The van der Waals surface area contributed by atoms with Gasteiger partial charge in [-0.25, -0.2) is 4.85 Å². The highest BCUT2D eigenvalue weighted by molar-refractivity contribution is 6.35. The average Bonchev–Trinajstić information content (AvgIpc) is 2.74. The molecule has 1 unspecified atom stereocenters. The first kappa shape index (κ1) is 19.5. The monoisotopic (exact) mass is 415 g/mol. The molecule has 0 aliphatic rings. The molecule has 7 heteroatoms. The van der Waals surface area contributed by atoms with Crippen molar-refractivity contribution in [2.24, 2.45) is 0 Å². The summed E-state index contributed by atoms with van der Waals surface area (Å²) >= 11 is 6.36. The van der Waals surface area contributed by atoms with E-state index < -0.39 is 6.04 Å². The molecular weight excluding hydrogens is 398 g/mol. The largest absolute Gasteiger partial charge is 0.407 e. The second-order valence-corrected chi connectivity index (χ2v) is 7.25. The summed E-state index contributed by atoms with van der Waals surface area (Å²) in [5, 5.41) is 3.99. The Morgan fingerprint density at radius 1 is 1.17 bits per heavy atom. The second kappa shape index (κ2) is 7.90. The van der Waals surface area contributed by atoms with Gasteiger partial charge in [0, 0.05) is 17.4 Å². The van der Waals surface area contributed by atoms with Crippen LogP contribution in [0.25, 0.3) is 27.0 Å². The van der Waals surface area contributed by atoms with Crippen molar-refractivity contribution >= 4 is 39.7 Å². The quantitative estimate of drug-likeness (QED) is 0.381. The molecule has 0 amide bonds. The molecule has 0 spiro atoms. The number of hydrogen-bond donors (Lipinski definition) is 3. The van der Waals surface area contributed by atoms with Crippen molar-refractivity contribution in [3.63, 3.8) is 0 Å². The summed E-state index contributed by atoms with van der Waals surface area (Å²) in [6, 6.07) is 16.0. The number of aromatic nitrogens is 2. The Morgan fingerprint density at radius 3 is 2.67 bits per heavy atom.